The number of ether oxygens (including phenoxy) is 1. The molecule has 1 aliphatic heterocycles. The molecule has 0 unspecified atom stereocenters. The number of thioether (sulfide) groups is 1. The van der Waals surface area contributed by atoms with Crippen molar-refractivity contribution in [2.24, 2.45) is 0 Å². The van der Waals surface area contributed by atoms with Crippen molar-refractivity contribution < 1.29 is 18.7 Å². The molecule has 7 heteroatoms. The SMILES string of the molecule is CCCOC(=O)CCN1C(=O)/C(=C\c2ccccc2F)SC1=S. The number of thiocarbonyl (C=S) groups is 1. The molecule has 0 spiro atoms. The van der Waals surface area contributed by atoms with E-state index in [0.29, 0.717) is 21.4 Å². The second-order valence-corrected chi connectivity index (χ2v) is 6.50. The average molecular weight is 353 g/mol. The van der Waals surface area contributed by atoms with Crippen LogP contribution in [0.4, 0.5) is 4.39 Å². The Morgan fingerprint density at radius 3 is 2.87 bits per heavy atom. The summed E-state index contributed by atoms with van der Waals surface area (Å²) in [4.78, 5) is 25.5. The summed E-state index contributed by atoms with van der Waals surface area (Å²) >= 11 is 6.27. The van der Waals surface area contributed by atoms with Crippen LogP contribution in [-0.2, 0) is 14.3 Å². The number of carbonyl (C=O) groups excluding carboxylic acids is 2. The van der Waals surface area contributed by atoms with Crippen molar-refractivity contribution in [1.82, 2.24) is 4.90 Å². The molecule has 1 saturated heterocycles. The van der Waals surface area contributed by atoms with E-state index in [1.165, 1.54) is 17.0 Å². The number of hydrogen-bond acceptors (Lipinski definition) is 5. The van der Waals surface area contributed by atoms with Gasteiger partial charge in [-0.1, -0.05) is 49.1 Å². The highest BCUT2D eigenvalue weighted by molar-refractivity contribution is 8.26. The lowest BCUT2D eigenvalue weighted by Crippen LogP contribution is -2.30. The number of rotatable bonds is 6. The third-order valence-corrected chi connectivity index (χ3v) is 4.45. The third-order valence-electron chi connectivity index (χ3n) is 3.07. The highest BCUT2D eigenvalue weighted by Crippen LogP contribution is 2.32. The van der Waals surface area contributed by atoms with E-state index in [2.05, 4.69) is 0 Å². The van der Waals surface area contributed by atoms with E-state index in [4.69, 9.17) is 17.0 Å². The fourth-order valence-corrected chi connectivity index (χ4v) is 3.22. The maximum Gasteiger partial charge on any atom is 0.307 e. The molecular formula is C16H16FNO3S2. The van der Waals surface area contributed by atoms with E-state index in [9.17, 15) is 14.0 Å². The molecule has 0 bridgehead atoms. The van der Waals surface area contributed by atoms with Crippen LogP contribution in [0.15, 0.2) is 29.2 Å². The van der Waals surface area contributed by atoms with Gasteiger partial charge < -0.3 is 4.74 Å². The number of hydrogen-bond donors (Lipinski definition) is 0. The Labute approximate surface area is 143 Å². The smallest absolute Gasteiger partial charge is 0.307 e. The molecule has 0 saturated carbocycles. The number of carbonyl (C=O) groups is 2. The first-order valence-electron chi connectivity index (χ1n) is 7.18. The quantitative estimate of drug-likeness (QED) is 0.446. The molecule has 0 radical (unpaired) electrons. The summed E-state index contributed by atoms with van der Waals surface area (Å²) in [5, 5.41) is 0. The van der Waals surface area contributed by atoms with E-state index in [1.807, 2.05) is 6.92 Å². The van der Waals surface area contributed by atoms with Gasteiger partial charge in [-0.25, -0.2) is 4.39 Å². The lowest BCUT2D eigenvalue weighted by molar-refractivity contribution is -0.143. The minimum Gasteiger partial charge on any atom is -0.466 e. The number of amides is 1. The van der Waals surface area contributed by atoms with Crippen LogP contribution in [0.25, 0.3) is 6.08 Å². The Morgan fingerprint density at radius 2 is 2.17 bits per heavy atom. The highest BCUT2D eigenvalue weighted by Gasteiger charge is 2.32. The zero-order chi connectivity index (χ0) is 16.8. The van der Waals surface area contributed by atoms with Gasteiger partial charge in [0.05, 0.1) is 17.9 Å². The van der Waals surface area contributed by atoms with Crippen LogP contribution in [0.5, 0.6) is 0 Å². The van der Waals surface area contributed by atoms with Crippen molar-refractivity contribution in [2.75, 3.05) is 13.2 Å². The summed E-state index contributed by atoms with van der Waals surface area (Å²) in [6.07, 6.45) is 2.31. The number of benzene rings is 1. The van der Waals surface area contributed by atoms with Crippen LogP contribution < -0.4 is 0 Å². The first kappa shape index (κ1) is 17.6. The van der Waals surface area contributed by atoms with Crippen molar-refractivity contribution in [3.8, 4) is 0 Å². The Kier molecular flexibility index (Phi) is 6.29. The largest absolute Gasteiger partial charge is 0.466 e. The van der Waals surface area contributed by atoms with Gasteiger partial charge in [-0.05, 0) is 18.6 Å². The van der Waals surface area contributed by atoms with Gasteiger partial charge in [0.2, 0.25) is 0 Å². The summed E-state index contributed by atoms with van der Waals surface area (Å²) in [7, 11) is 0. The molecule has 2 rings (SSSR count). The molecule has 1 fully saturated rings. The van der Waals surface area contributed by atoms with Gasteiger partial charge in [0.15, 0.2) is 0 Å². The molecule has 0 N–H and O–H groups in total. The number of halogens is 1. The lowest BCUT2D eigenvalue weighted by Gasteiger charge is -2.13. The van der Waals surface area contributed by atoms with Gasteiger partial charge in [-0.15, -0.1) is 0 Å². The topological polar surface area (TPSA) is 46.6 Å². The minimum absolute atomic E-state index is 0.0828. The first-order chi connectivity index (χ1) is 11.0. The summed E-state index contributed by atoms with van der Waals surface area (Å²) in [5.74, 6) is -1.08. The summed E-state index contributed by atoms with van der Waals surface area (Å²) in [6.45, 7) is 2.44. The Balaban J connectivity index is 2.03. The minimum atomic E-state index is -0.402. The van der Waals surface area contributed by atoms with Crippen molar-refractivity contribution in [3.05, 3.63) is 40.6 Å². The van der Waals surface area contributed by atoms with Gasteiger partial charge in [0.25, 0.3) is 5.91 Å². The predicted octanol–water partition coefficient (Wildman–Crippen LogP) is 3.37. The van der Waals surface area contributed by atoms with Crippen molar-refractivity contribution >= 4 is 46.3 Å². The second kappa shape index (κ2) is 8.21. The molecule has 0 aliphatic carbocycles. The highest BCUT2D eigenvalue weighted by atomic mass is 32.2. The van der Waals surface area contributed by atoms with Crippen LogP contribution in [0.1, 0.15) is 25.3 Å². The standard InChI is InChI=1S/C16H16FNO3S2/c1-2-9-21-14(19)7-8-18-15(20)13(23-16(18)22)10-11-5-3-4-6-12(11)17/h3-6,10H,2,7-9H2,1H3/b13-10+. The molecular weight excluding hydrogens is 337 g/mol. The first-order valence-corrected chi connectivity index (χ1v) is 8.41. The summed E-state index contributed by atoms with van der Waals surface area (Å²) in [5.41, 5.74) is 0.329. The van der Waals surface area contributed by atoms with E-state index in [0.717, 1.165) is 18.2 Å². The average Bonchev–Trinajstić information content (AvgIpc) is 2.79. The zero-order valence-electron chi connectivity index (χ0n) is 12.6. The molecule has 1 aromatic rings. The van der Waals surface area contributed by atoms with Gasteiger partial charge >= 0.3 is 5.97 Å². The van der Waals surface area contributed by atoms with Crippen LogP contribution in [-0.4, -0.2) is 34.2 Å². The van der Waals surface area contributed by atoms with Crippen molar-refractivity contribution in [2.45, 2.75) is 19.8 Å². The van der Waals surface area contributed by atoms with Gasteiger partial charge in [0, 0.05) is 12.1 Å². The van der Waals surface area contributed by atoms with E-state index in [-0.39, 0.29) is 24.8 Å². The van der Waals surface area contributed by atoms with Crippen molar-refractivity contribution in [3.63, 3.8) is 0 Å². The molecule has 4 nitrogen and oxygen atoms in total. The molecule has 1 aromatic carbocycles. The molecule has 1 heterocycles. The van der Waals surface area contributed by atoms with Crippen LogP contribution in [0.2, 0.25) is 0 Å². The predicted molar refractivity (Wildman–Crippen MR) is 92.1 cm³/mol. The number of esters is 1. The van der Waals surface area contributed by atoms with E-state index < -0.39 is 5.82 Å². The van der Waals surface area contributed by atoms with Gasteiger partial charge in [0.1, 0.15) is 10.1 Å². The Bertz CT molecular complexity index is 660. The number of nitrogens with zero attached hydrogens (tertiary/aromatic N) is 1. The molecule has 23 heavy (non-hydrogen) atoms. The second-order valence-electron chi connectivity index (χ2n) is 4.83. The molecule has 1 aliphatic rings. The fourth-order valence-electron chi connectivity index (χ4n) is 1.92. The van der Waals surface area contributed by atoms with E-state index >= 15 is 0 Å². The normalized spacial score (nSPS) is 16.3. The molecule has 0 aromatic heterocycles. The molecule has 0 atom stereocenters. The summed E-state index contributed by atoms with van der Waals surface area (Å²) in [6, 6.07) is 6.19. The van der Waals surface area contributed by atoms with Crippen LogP contribution in [0.3, 0.4) is 0 Å². The Hall–Kier alpha value is -1.73. The zero-order valence-corrected chi connectivity index (χ0v) is 14.2. The van der Waals surface area contributed by atoms with Gasteiger partial charge in [-0.3, -0.25) is 14.5 Å². The Morgan fingerprint density at radius 1 is 1.43 bits per heavy atom. The van der Waals surface area contributed by atoms with Crippen LogP contribution >= 0.6 is 24.0 Å². The van der Waals surface area contributed by atoms with Crippen molar-refractivity contribution in [1.29, 1.82) is 0 Å². The maximum atomic E-state index is 13.7. The monoisotopic (exact) mass is 353 g/mol. The molecule has 1 amide bonds. The maximum absolute atomic E-state index is 13.7. The van der Waals surface area contributed by atoms with Gasteiger partial charge in [-0.2, -0.15) is 0 Å². The van der Waals surface area contributed by atoms with Crippen LogP contribution in [0, 0.1) is 5.82 Å². The lowest BCUT2D eigenvalue weighted by atomic mass is 10.2. The van der Waals surface area contributed by atoms with E-state index in [1.54, 1.807) is 18.2 Å². The molecule has 122 valence electrons. The summed E-state index contributed by atoms with van der Waals surface area (Å²) < 4.78 is 19.0. The fraction of sp³-hybridized carbons (Fsp3) is 0.312. The third kappa shape index (κ3) is 4.62.